The molecule has 3 aromatic carbocycles. The third-order valence-corrected chi connectivity index (χ3v) is 15.6. The Morgan fingerprint density at radius 2 is 0.793 bits per heavy atom. The van der Waals surface area contributed by atoms with Gasteiger partial charge in [0.15, 0.2) is 34.9 Å². The second-order valence-electron chi connectivity index (χ2n) is 23.5. The Balaban J connectivity index is 0.000000135. The molecule has 92 heavy (non-hydrogen) atoms. The number of fused-ring (bicyclic) bond motifs is 3. The number of hydrogen-bond acceptors (Lipinski definition) is 16. The van der Waals surface area contributed by atoms with Crippen molar-refractivity contribution < 1.29 is 66.1 Å². The number of nitrogens with one attached hydrogen (secondary N) is 3. The fraction of sp³-hybridized carbons (Fsp3) is 0.229. The van der Waals surface area contributed by atoms with Gasteiger partial charge in [0.05, 0.1) is 48.7 Å². The zero-order valence-electron chi connectivity index (χ0n) is 51.5. The summed E-state index contributed by atoms with van der Waals surface area (Å²) in [5, 5.41) is 43.6. The summed E-state index contributed by atoms with van der Waals surface area (Å²) in [4.78, 5) is 50.6. The molecule has 7 N–H and O–H groups in total. The monoisotopic (exact) mass is 1250 g/mol. The van der Waals surface area contributed by atoms with E-state index in [1.54, 1.807) is 39.4 Å². The molecule has 456 valence electrons. The predicted molar refractivity (Wildman–Crippen MR) is 346 cm³/mol. The molecule has 0 radical (unpaired) electrons. The molecule has 3 aliphatic rings. The van der Waals surface area contributed by atoms with Crippen LogP contribution in [0.15, 0.2) is 201 Å². The molecule has 2 amide bonds. The van der Waals surface area contributed by atoms with Gasteiger partial charge in [0, 0.05) is 83.5 Å². The van der Waals surface area contributed by atoms with Gasteiger partial charge in [0.25, 0.3) is 0 Å². The first-order valence-electron chi connectivity index (χ1n) is 30.2. The number of anilines is 3. The number of amides is 2. The van der Waals surface area contributed by atoms with Crippen molar-refractivity contribution in [2.75, 3.05) is 16.0 Å². The van der Waals surface area contributed by atoms with Crippen LogP contribution >= 0.6 is 0 Å². The largest absolute Gasteiger partial charge is 1.00 e. The minimum absolute atomic E-state index is 0. The van der Waals surface area contributed by atoms with E-state index in [1.807, 2.05) is 153 Å². The molecule has 9 aromatic heterocycles. The fourth-order valence-corrected chi connectivity index (χ4v) is 10.8. The number of primary amides is 2. The van der Waals surface area contributed by atoms with Gasteiger partial charge in [-0.05, 0) is 90.6 Å². The van der Waals surface area contributed by atoms with Gasteiger partial charge in [-0.3, -0.25) is 24.5 Å². The summed E-state index contributed by atoms with van der Waals surface area (Å²) in [5.41, 5.74) is 22.1. The van der Waals surface area contributed by atoms with Crippen LogP contribution in [0.2, 0.25) is 0 Å². The summed E-state index contributed by atoms with van der Waals surface area (Å²) >= 11 is 0. The van der Waals surface area contributed by atoms with Gasteiger partial charge in [-0.15, -0.1) is 5.60 Å². The maximum Gasteiger partial charge on any atom is 1.00 e. The molecule has 12 aromatic rings. The number of benzene rings is 3. The molecular weight excluding hydrogens is 1180 g/mol. The Hall–Kier alpha value is -9.60. The molecule has 0 unspecified atom stereocenters. The number of carbonyl (C=O) groups is 2. The van der Waals surface area contributed by atoms with Crippen LogP contribution < -0.4 is 83.9 Å². The molecule has 0 spiro atoms. The van der Waals surface area contributed by atoms with Crippen LogP contribution in [0.1, 0.15) is 92.3 Å². The molecule has 15 rings (SSSR count). The molecule has 3 aliphatic carbocycles. The zero-order valence-corrected chi connectivity index (χ0v) is 54.6. The van der Waals surface area contributed by atoms with E-state index in [1.165, 1.54) is 0 Å². The predicted octanol–water partition coefficient (Wildman–Crippen LogP) is 7.16. The van der Waals surface area contributed by atoms with E-state index in [9.17, 15) is 20.0 Å². The number of nitriles is 1. The summed E-state index contributed by atoms with van der Waals surface area (Å²) in [7, 11) is 0. The molecule has 21 nitrogen and oxygen atoms in total. The Kier molecular flexibility index (Phi) is 19.9. The molecule has 0 aliphatic heterocycles. The Morgan fingerprint density at radius 1 is 0.489 bits per heavy atom. The van der Waals surface area contributed by atoms with E-state index < -0.39 is 5.60 Å². The van der Waals surface area contributed by atoms with Crippen molar-refractivity contribution in [3.8, 4) is 39.4 Å². The first-order chi connectivity index (χ1) is 44.2. The van der Waals surface area contributed by atoms with Gasteiger partial charge >= 0.3 is 51.4 Å². The average Bonchev–Trinajstić information content (AvgIpc) is 1.62. The summed E-state index contributed by atoms with van der Waals surface area (Å²) < 4.78 is 5.54. The Labute approximate surface area is 574 Å². The molecule has 6 atom stereocenters. The summed E-state index contributed by atoms with van der Waals surface area (Å²) in [6.45, 7) is 6.54. The van der Waals surface area contributed by atoms with Crippen molar-refractivity contribution in [3.05, 3.63) is 236 Å². The van der Waals surface area contributed by atoms with Crippen LogP contribution in [0.3, 0.4) is 0 Å². The second-order valence-corrected chi connectivity index (χ2v) is 23.5. The first-order valence-corrected chi connectivity index (χ1v) is 30.2. The number of rotatable bonds is 17. The standard InChI is InChI=1S/2C22H20N6O.C22H18N6.C4H9O.K/c2*23-20(29)17-12-18(17)21-26-22(25-13-15-8-4-5-10-24-15)19-16(9-11-28(19)27-21)14-6-2-1-3-7-14;23-13-16-12-19(16)21-26-22(25-14-17-8-4-5-10-24-17)20-18(9-11-28(20)27-21)15-6-2-1-3-7-15;1-4(2,3)5;/h2*1-11,17-18H,12-13H2,(H2,23,29)(H,25,26,27);1-11,16,19H,12,14H2,(H,25,26,27);1-3H3;/q;;;-1;+1/t2*17-,18-;16-,19+;;/m110../s1. The van der Waals surface area contributed by atoms with Gasteiger partial charge in [-0.1, -0.05) is 130 Å². The van der Waals surface area contributed by atoms with Crippen molar-refractivity contribution in [1.29, 1.82) is 5.26 Å². The van der Waals surface area contributed by atoms with Crippen LogP contribution in [0.4, 0.5) is 17.5 Å². The number of nitrogens with zero attached hydrogens (tertiary/aromatic N) is 13. The van der Waals surface area contributed by atoms with Crippen LogP contribution in [-0.2, 0) is 29.2 Å². The van der Waals surface area contributed by atoms with E-state index in [2.05, 4.69) is 89.6 Å². The van der Waals surface area contributed by atoms with Crippen LogP contribution in [0.5, 0.6) is 0 Å². The minimum Gasteiger partial charge on any atom is -0.850 e. The van der Waals surface area contributed by atoms with E-state index in [0.717, 1.165) is 96.7 Å². The van der Waals surface area contributed by atoms with Gasteiger partial charge in [-0.25, -0.2) is 28.5 Å². The molecule has 3 saturated carbocycles. The van der Waals surface area contributed by atoms with Crippen LogP contribution in [0, 0.1) is 29.1 Å². The molecule has 0 bridgehead atoms. The normalized spacial score (nSPS) is 17.4. The topological polar surface area (TPSA) is 298 Å². The van der Waals surface area contributed by atoms with E-state index in [0.29, 0.717) is 44.1 Å². The first kappa shape index (κ1) is 63.9. The summed E-state index contributed by atoms with van der Waals surface area (Å²) in [6.07, 6.45) is 13.4. The second kappa shape index (κ2) is 28.7. The number of carbonyl (C=O) groups excluding carboxylic acids is 2. The van der Waals surface area contributed by atoms with E-state index in [-0.39, 0.29) is 98.7 Å². The number of nitrogens with two attached hydrogens (primary N) is 2. The Bertz CT molecular complexity index is 4330. The molecule has 0 saturated heterocycles. The van der Waals surface area contributed by atoms with Gasteiger partial charge in [0.2, 0.25) is 11.8 Å². The number of hydrogen-bond donors (Lipinski definition) is 5. The van der Waals surface area contributed by atoms with Crippen molar-refractivity contribution in [2.24, 2.45) is 29.2 Å². The zero-order chi connectivity index (χ0) is 63.0. The maximum atomic E-state index is 11.5. The van der Waals surface area contributed by atoms with Crippen molar-refractivity contribution >= 4 is 45.8 Å². The minimum atomic E-state index is -0.750. The summed E-state index contributed by atoms with van der Waals surface area (Å²) in [5.74, 6) is 3.36. The van der Waals surface area contributed by atoms with Crippen molar-refractivity contribution in [3.63, 3.8) is 0 Å². The van der Waals surface area contributed by atoms with Crippen LogP contribution in [0.25, 0.3) is 49.9 Å². The molecule has 22 heteroatoms. The SMILES string of the molecule is CC(C)(C)[O-].N#C[C@@H]1C[C@H]1c1nc(NCc2ccccn2)c2c(-c3ccccc3)ccn2n1.NC(=O)[C@@H]1C[C@H]1c1nc(NCc2ccccn2)c2c(-c3ccccc3)ccn2n1.NC(=O)[C@@H]1C[C@H]1c1nc(NCc2ccccn2)c2c(-c3ccccc3)ccn2n1.[K+]. The van der Waals surface area contributed by atoms with E-state index >= 15 is 0 Å². The number of pyridine rings is 3. The molecular formula is C70H67KN18O3. The Morgan fingerprint density at radius 3 is 1.05 bits per heavy atom. The smallest absolute Gasteiger partial charge is 0.850 e. The third-order valence-electron chi connectivity index (χ3n) is 15.6. The van der Waals surface area contributed by atoms with Crippen molar-refractivity contribution in [1.82, 2.24) is 58.7 Å². The van der Waals surface area contributed by atoms with Crippen molar-refractivity contribution in [2.45, 2.75) is 83.0 Å². The average molecular weight is 1250 g/mol. The maximum absolute atomic E-state index is 11.5. The summed E-state index contributed by atoms with van der Waals surface area (Å²) in [6, 6.07) is 56.4. The van der Waals surface area contributed by atoms with Gasteiger partial charge in [-0.2, -0.15) is 20.6 Å². The van der Waals surface area contributed by atoms with Crippen LogP contribution in [-0.4, -0.2) is 76.2 Å². The van der Waals surface area contributed by atoms with Gasteiger partial charge < -0.3 is 32.5 Å². The third kappa shape index (κ3) is 15.6. The molecule has 9 heterocycles. The number of aromatic nitrogens is 12. The fourth-order valence-electron chi connectivity index (χ4n) is 10.8. The molecule has 3 fully saturated rings. The van der Waals surface area contributed by atoms with Gasteiger partial charge in [0.1, 0.15) is 16.6 Å². The van der Waals surface area contributed by atoms with E-state index in [4.69, 9.17) is 31.5 Å². The quantitative estimate of drug-likeness (QED) is 0.0565.